The molecule has 0 saturated heterocycles. The number of carbonyl (C=O) groups excluding carboxylic acids is 2. The number of allylic oxidation sites excluding steroid dienone is 4. The summed E-state index contributed by atoms with van der Waals surface area (Å²) in [7, 11) is 0. The third-order valence-corrected chi connectivity index (χ3v) is 12.2. The van der Waals surface area contributed by atoms with Crippen molar-refractivity contribution in [1.29, 1.82) is 0 Å². The van der Waals surface area contributed by atoms with Crippen molar-refractivity contribution >= 4 is 11.6 Å². The summed E-state index contributed by atoms with van der Waals surface area (Å²) in [6, 6.07) is 0. The van der Waals surface area contributed by atoms with Crippen LogP contribution in [0.15, 0.2) is 24.3 Å². The number of Topliss-reactive ketones (excluding diaryl/α,β-unsaturated/α-hetero) is 2. The second kappa shape index (κ2) is 4.30. The Bertz CT molecular complexity index is 775. The molecule has 9 aliphatic rings. The van der Waals surface area contributed by atoms with E-state index < -0.39 is 0 Å². The van der Waals surface area contributed by atoms with Crippen molar-refractivity contribution in [3.63, 3.8) is 0 Å². The summed E-state index contributed by atoms with van der Waals surface area (Å²) in [6.07, 6.45) is 14.9. The van der Waals surface area contributed by atoms with E-state index in [9.17, 15) is 9.59 Å². The lowest BCUT2D eigenvalue weighted by molar-refractivity contribution is -0.157. The van der Waals surface area contributed by atoms with Crippen LogP contribution in [0.25, 0.3) is 0 Å². The summed E-state index contributed by atoms with van der Waals surface area (Å²) >= 11 is 0. The average Bonchev–Trinajstić information content (AvgIpc) is 3.55. The molecule has 0 aromatic rings. The molecule has 0 amide bonds. The minimum Gasteiger partial charge on any atom is -0.299 e. The third-order valence-electron chi connectivity index (χ3n) is 12.2. The number of hydrogen-bond donors (Lipinski definition) is 0. The maximum absolute atomic E-state index is 14.0. The molecular formula is C26H28O2. The molecule has 9 aliphatic carbocycles. The summed E-state index contributed by atoms with van der Waals surface area (Å²) in [5, 5.41) is 0. The Hall–Kier alpha value is -1.18. The molecule has 16 atom stereocenters. The van der Waals surface area contributed by atoms with Gasteiger partial charge in [0.25, 0.3) is 0 Å². The van der Waals surface area contributed by atoms with E-state index in [1.54, 1.807) is 0 Å². The van der Waals surface area contributed by atoms with Crippen LogP contribution in [0.2, 0.25) is 0 Å². The Morgan fingerprint density at radius 3 is 1.04 bits per heavy atom. The van der Waals surface area contributed by atoms with E-state index in [-0.39, 0.29) is 23.7 Å². The molecule has 8 bridgehead atoms. The normalized spacial score (nSPS) is 70.1. The van der Waals surface area contributed by atoms with E-state index in [0.717, 1.165) is 47.3 Å². The smallest absolute Gasteiger partial charge is 0.141 e. The molecule has 144 valence electrons. The molecular weight excluding hydrogens is 344 g/mol. The fourth-order valence-electron chi connectivity index (χ4n) is 12.1. The van der Waals surface area contributed by atoms with Crippen molar-refractivity contribution in [2.24, 2.45) is 94.7 Å². The van der Waals surface area contributed by atoms with Crippen LogP contribution < -0.4 is 0 Å². The zero-order chi connectivity index (χ0) is 18.0. The van der Waals surface area contributed by atoms with Crippen LogP contribution in [0.4, 0.5) is 0 Å². The van der Waals surface area contributed by atoms with Gasteiger partial charge in [-0.2, -0.15) is 0 Å². The number of rotatable bonds is 0. The Morgan fingerprint density at radius 2 is 0.750 bits per heavy atom. The van der Waals surface area contributed by atoms with Crippen molar-refractivity contribution < 1.29 is 9.59 Å². The van der Waals surface area contributed by atoms with E-state index in [4.69, 9.17) is 0 Å². The average molecular weight is 373 g/mol. The molecule has 2 heteroatoms. The molecule has 0 aromatic heterocycles. The van der Waals surface area contributed by atoms with Crippen LogP contribution >= 0.6 is 0 Å². The summed E-state index contributed by atoms with van der Waals surface area (Å²) in [5.41, 5.74) is 0. The molecule has 0 N–H and O–H groups in total. The molecule has 9 rings (SSSR count). The van der Waals surface area contributed by atoms with Crippen molar-refractivity contribution in [2.45, 2.75) is 25.7 Å². The molecule has 7 fully saturated rings. The Balaban J connectivity index is 1.16. The lowest BCUT2D eigenvalue weighted by Crippen LogP contribution is -2.57. The van der Waals surface area contributed by atoms with Gasteiger partial charge in [-0.1, -0.05) is 24.3 Å². The Labute approximate surface area is 166 Å². The SMILES string of the molecule is O=C1C2C3CC(C2C(=O)C2C4CC(C12)C1C2C=CC(C2)C41)C1C2C=CC(C2)C31. The molecule has 0 aromatic carbocycles. The van der Waals surface area contributed by atoms with Gasteiger partial charge >= 0.3 is 0 Å². The second-order valence-corrected chi connectivity index (χ2v) is 12.2. The number of hydrogen-bond acceptors (Lipinski definition) is 2. The number of carbonyl (C=O) groups is 2. The summed E-state index contributed by atoms with van der Waals surface area (Å²) < 4.78 is 0. The molecule has 0 aliphatic heterocycles. The minimum atomic E-state index is 0.125. The minimum absolute atomic E-state index is 0.125. The topological polar surface area (TPSA) is 34.1 Å². The maximum atomic E-state index is 14.0. The van der Waals surface area contributed by atoms with Crippen LogP contribution in [-0.4, -0.2) is 11.6 Å². The molecule has 16 unspecified atom stereocenters. The second-order valence-electron chi connectivity index (χ2n) is 12.2. The third kappa shape index (κ3) is 1.28. The first-order valence-electron chi connectivity index (χ1n) is 12.2. The molecule has 0 spiro atoms. The first kappa shape index (κ1) is 14.7. The van der Waals surface area contributed by atoms with Gasteiger partial charge in [0.2, 0.25) is 0 Å². The van der Waals surface area contributed by atoms with E-state index in [2.05, 4.69) is 24.3 Å². The highest BCUT2D eigenvalue weighted by Gasteiger charge is 2.75. The van der Waals surface area contributed by atoms with Crippen molar-refractivity contribution in [1.82, 2.24) is 0 Å². The first-order valence-corrected chi connectivity index (χ1v) is 12.2. The molecule has 2 nitrogen and oxygen atoms in total. The van der Waals surface area contributed by atoms with Gasteiger partial charge in [0.1, 0.15) is 11.6 Å². The van der Waals surface area contributed by atoms with Gasteiger partial charge in [-0.15, -0.1) is 0 Å². The van der Waals surface area contributed by atoms with Gasteiger partial charge < -0.3 is 0 Å². The first-order chi connectivity index (χ1) is 13.7. The summed E-state index contributed by atoms with van der Waals surface area (Å²) in [5.74, 6) is 9.75. The number of ketones is 2. The predicted octanol–water partition coefficient (Wildman–Crippen LogP) is 3.78. The van der Waals surface area contributed by atoms with Crippen LogP contribution in [-0.2, 0) is 9.59 Å². The Morgan fingerprint density at radius 1 is 0.464 bits per heavy atom. The highest BCUT2D eigenvalue weighted by molar-refractivity contribution is 6.01. The van der Waals surface area contributed by atoms with E-state index in [0.29, 0.717) is 35.2 Å². The van der Waals surface area contributed by atoms with Gasteiger partial charge in [-0.25, -0.2) is 0 Å². The Kier molecular flexibility index (Phi) is 2.26. The van der Waals surface area contributed by atoms with E-state index in [1.807, 2.05) is 0 Å². The van der Waals surface area contributed by atoms with Crippen molar-refractivity contribution in [3.8, 4) is 0 Å². The maximum Gasteiger partial charge on any atom is 0.141 e. The fraction of sp³-hybridized carbons (Fsp3) is 0.769. The zero-order valence-electron chi connectivity index (χ0n) is 16.2. The molecule has 28 heavy (non-hydrogen) atoms. The molecule has 7 saturated carbocycles. The standard InChI is InChI=1S/C26H28O2/c27-25-21-13-7-14(18-10-2-1-9(5-10)17(13)18)22(21)26(28)24-16-8-15(23(24)25)19-11-3-4-12(6-11)20(16)19/h1-4,9-24H,5-8H2. The van der Waals surface area contributed by atoms with E-state index in [1.165, 1.54) is 25.7 Å². The lowest BCUT2D eigenvalue weighted by Gasteiger charge is -2.50. The van der Waals surface area contributed by atoms with Crippen molar-refractivity contribution in [2.75, 3.05) is 0 Å². The fourth-order valence-corrected chi connectivity index (χ4v) is 12.1. The molecule has 0 heterocycles. The highest BCUT2D eigenvalue weighted by atomic mass is 16.1. The predicted molar refractivity (Wildman–Crippen MR) is 103 cm³/mol. The van der Waals surface area contributed by atoms with Crippen molar-refractivity contribution in [3.05, 3.63) is 24.3 Å². The quantitative estimate of drug-likeness (QED) is 0.479. The van der Waals surface area contributed by atoms with Gasteiger partial charge in [-0.05, 0) is 96.7 Å². The highest BCUT2D eigenvalue weighted by Crippen LogP contribution is 2.75. The monoisotopic (exact) mass is 372 g/mol. The largest absolute Gasteiger partial charge is 0.299 e. The lowest BCUT2D eigenvalue weighted by atomic mass is 9.51. The summed E-state index contributed by atoms with van der Waals surface area (Å²) in [6.45, 7) is 0. The van der Waals surface area contributed by atoms with Crippen LogP contribution in [0.3, 0.4) is 0 Å². The van der Waals surface area contributed by atoms with Gasteiger partial charge in [0.05, 0.1) is 0 Å². The van der Waals surface area contributed by atoms with Gasteiger partial charge in [-0.3, -0.25) is 9.59 Å². The summed E-state index contributed by atoms with van der Waals surface area (Å²) in [4.78, 5) is 28.0. The van der Waals surface area contributed by atoms with Gasteiger partial charge in [0.15, 0.2) is 0 Å². The molecule has 0 radical (unpaired) electrons. The van der Waals surface area contributed by atoms with Gasteiger partial charge in [0, 0.05) is 23.7 Å². The van der Waals surface area contributed by atoms with Crippen LogP contribution in [0, 0.1) is 94.7 Å². The number of fused-ring (bicyclic) bond motifs is 24. The van der Waals surface area contributed by atoms with Crippen LogP contribution in [0.1, 0.15) is 25.7 Å². The van der Waals surface area contributed by atoms with Crippen LogP contribution in [0.5, 0.6) is 0 Å². The zero-order valence-corrected chi connectivity index (χ0v) is 16.2. The van der Waals surface area contributed by atoms with E-state index >= 15 is 0 Å².